The Morgan fingerprint density at radius 2 is 1.71 bits per heavy atom. The second-order valence-electron chi connectivity index (χ2n) is 7.06. The van der Waals surface area contributed by atoms with Crippen LogP contribution in [0, 0.1) is 10.1 Å². The number of nitro benzene ring substituents is 1. The Morgan fingerprint density at radius 1 is 1.03 bits per heavy atom. The standard InChI is InChI=1S/C20H23N3O8/c1-29-19(25)16-11-31-12-22(17(16)20(26)30-2)14-8-13(9-15(10-14)23(27)28)18(24)21-6-4-3-5-7-21/h8-10H,3-7,11-12H2,1-2H3. The molecule has 166 valence electrons. The van der Waals surface area contributed by atoms with E-state index in [-0.39, 0.29) is 47.5 Å². The van der Waals surface area contributed by atoms with Crippen LogP contribution >= 0.6 is 0 Å². The minimum absolute atomic E-state index is 0.0870. The molecular weight excluding hydrogens is 410 g/mol. The second-order valence-corrected chi connectivity index (χ2v) is 7.06. The van der Waals surface area contributed by atoms with Crippen molar-refractivity contribution in [3.8, 4) is 0 Å². The second kappa shape index (κ2) is 9.56. The summed E-state index contributed by atoms with van der Waals surface area (Å²) in [6.45, 7) is 0.776. The monoisotopic (exact) mass is 433 g/mol. The molecule has 31 heavy (non-hydrogen) atoms. The average Bonchev–Trinajstić information content (AvgIpc) is 2.82. The molecule has 0 aliphatic carbocycles. The first-order valence-corrected chi connectivity index (χ1v) is 9.71. The number of benzene rings is 1. The number of methoxy groups -OCH3 is 2. The maximum Gasteiger partial charge on any atom is 0.355 e. The molecule has 0 atom stereocenters. The van der Waals surface area contributed by atoms with Crippen molar-refractivity contribution < 1.29 is 33.5 Å². The molecule has 1 aromatic rings. The molecule has 0 radical (unpaired) electrons. The fourth-order valence-electron chi connectivity index (χ4n) is 3.61. The van der Waals surface area contributed by atoms with Gasteiger partial charge in [-0.1, -0.05) is 0 Å². The number of ether oxygens (including phenoxy) is 3. The molecule has 1 amide bonds. The fraction of sp³-hybridized carbons (Fsp3) is 0.450. The minimum Gasteiger partial charge on any atom is -0.466 e. The van der Waals surface area contributed by atoms with Crippen molar-refractivity contribution >= 4 is 29.2 Å². The van der Waals surface area contributed by atoms with E-state index in [4.69, 9.17) is 14.2 Å². The van der Waals surface area contributed by atoms with Gasteiger partial charge in [0.2, 0.25) is 0 Å². The van der Waals surface area contributed by atoms with E-state index in [1.54, 1.807) is 4.90 Å². The summed E-state index contributed by atoms with van der Waals surface area (Å²) >= 11 is 0. The van der Waals surface area contributed by atoms with Gasteiger partial charge in [0.1, 0.15) is 12.4 Å². The zero-order chi connectivity index (χ0) is 22.5. The quantitative estimate of drug-likeness (QED) is 0.386. The Morgan fingerprint density at radius 3 is 2.32 bits per heavy atom. The zero-order valence-electron chi connectivity index (χ0n) is 17.3. The van der Waals surface area contributed by atoms with Gasteiger partial charge in [0.25, 0.3) is 11.6 Å². The number of piperidine rings is 1. The van der Waals surface area contributed by atoms with Crippen molar-refractivity contribution in [2.75, 3.05) is 45.5 Å². The van der Waals surface area contributed by atoms with E-state index in [9.17, 15) is 24.5 Å². The van der Waals surface area contributed by atoms with Gasteiger partial charge >= 0.3 is 11.9 Å². The Kier molecular flexibility index (Phi) is 6.85. The highest BCUT2D eigenvalue weighted by molar-refractivity contribution is 6.04. The first kappa shape index (κ1) is 22.2. The predicted molar refractivity (Wildman–Crippen MR) is 107 cm³/mol. The number of carbonyl (C=O) groups excluding carboxylic acids is 3. The molecule has 3 rings (SSSR count). The molecule has 1 aromatic carbocycles. The van der Waals surface area contributed by atoms with Crippen molar-refractivity contribution in [2.24, 2.45) is 0 Å². The van der Waals surface area contributed by atoms with E-state index in [1.807, 2.05) is 0 Å². The number of esters is 2. The molecule has 1 fully saturated rings. The number of carbonyl (C=O) groups is 3. The molecule has 11 heteroatoms. The molecule has 0 bridgehead atoms. The number of non-ortho nitro benzene ring substituents is 1. The van der Waals surface area contributed by atoms with E-state index >= 15 is 0 Å². The summed E-state index contributed by atoms with van der Waals surface area (Å²) in [5.74, 6) is -1.96. The van der Waals surface area contributed by atoms with E-state index in [0.29, 0.717) is 13.1 Å². The van der Waals surface area contributed by atoms with Gasteiger partial charge in [0, 0.05) is 30.8 Å². The third-order valence-electron chi connectivity index (χ3n) is 5.15. The molecule has 0 spiro atoms. The Balaban J connectivity index is 2.10. The summed E-state index contributed by atoms with van der Waals surface area (Å²) in [4.78, 5) is 51.4. The van der Waals surface area contributed by atoms with Crippen LogP contribution in [0.15, 0.2) is 29.5 Å². The summed E-state index contributed by atoms with van der Waals surface area (Å²) in [6.07, 6.45) is 2.76. The highest BCUT2D eigenvalue weighted by atomic mass is 16.6. The van der Waals surface area contributed by atoms with Crippen molar-refractivity contribution in [1.82, 2.24) is 4.90 Å². The number of likely N-dealkylation sites (tertiary alicyclic amines) is 1. The minimum atomic E-state index is -0.834. The third-order valence-corrected chi connectivity index (χ3v) is 5.15. The number of nitrogens with zero attached hydrogens (tertiary/aromatic N) is 3. The molecule has 2 aliphatic heterocycles. The zero-order valence-corrected chi connectivity index (χ0v) is 17.3. The lowest BCUT2D eigenvalue weighted by molar-refractivity contribution is -0.384. The number of hydrogen-bond donors (Lipinski definition) is 0. The van der Waals surface area contributed by atoms with Gasteiger partial charge in [-0.25, -0.2) is 9.59 Å². The number of hydrogen-bond acceptors (Lipinski definition) is 9. The van der Waals surface area contributed by atoms with Gasteiger partial charge in [-0.15, -0.1) is 0 Å². The van der Waals surface area contributed by atoms with Gasteiger partial charge in [0.15, 0.2) is 0 Å². The Bertz CT molecular complexity index is 936. The highest BCUT2D eigenvalue weighted by Gasteiger charge is 2.34. The van der Waals surface area contributed by atoms with Crippen LogP contribution < -0.4 is 4.90 Å². The van der Waals surface area contributed by atoms with Gasteiger partial charge in [-0.05, 0) is 25.3 Å². The highest BCUT2D eigenvalue weighted by Crippen LogP contribution is 2.31. The van der Waals surface area contributed by atoms with Crippen molar-refractivity contribution in [1.29, 1.82) is 0 Å². The SMILES string of the molecule is COC(=O)C1=C(C(=O)OC)N(c2cc(C(=O)N3CCCCC3)cc([N+](=O)[O-])c2)COC1. The Hall–Kier alpha value is -3.47. The number of anilines is 1. The van der Waals surface area contributed by atoms with E-state index in [2.05, 4.69) is 0 Å². The maximum atomic E-state index is 13.0. The van der Waals surface area contributed by atoms with Crippen LogP contribution in [-0.4, -0.2) is 68.3 Å². The molecule has 2 heterocycles. The predicted octanol–water partition coefficient (Wildman–Crippen LogP) is 1.62. The molecule has 1 saturated heterocycles. The molecule has 0 aromatic heterocycles. The van der Waals surface area contributed by atoms with Gasteiger partial charge in [-0.3, -0.25) is 14.9 Å². The van der Waals surface area contributed by atoms with Crippen LogP contribution in [0.4, 0.5) is 11.4 Å². The normalized spacial score (nSPS) is 16.7. The van der Waals surface area contributed by atoms with Crippen molar-refractivity contribution in [2.45, 2.75) is 19.3 Å². The van der Waals surface area contributed by atoms with Crippen LogP contribution in [0.5, 0.6) is 0 Å². The third kappa shape index (κ3) is 4.66. The summed E-state index contributed by atoms with van der Waals surface area (Å²) in [5, 5.41) is 11.5. The van der Waals surface area contributed by atoms with Gasteiger partial charge < -0.3 is 24.0 Å². The van der Waals surface area contributed by atoms with E-state index in [1.165, 1.54) is 23.1 Å². The Labute approximate surface area is 178 Å². The van der Waals surface area contributed by atoms with Gasteiger partial charge in [0.05, 0.1) is 37.0 Å². The van der Waals surface area contributed by atoms with Crippen LogP contribution in [0.1, 0.15) is 29.6 Å². The summed E-state index contributed by atoms with van der Waals surface area (Å²) in [7, 11) is 2.31. The largest absolute Gasteiger partial charge is 0.466 e. The van der Waals surface area contributed by atoms with E-state index < -0.39 is 16.9 Å². The lowest BCUT2D eigenvalue weighted by Crippen LogP contribution is -2.39. The van der Waals surface area contributed by atoms with Crippen LogP contribution in [0.2, 0.25) is 0 Å². The van der Waals surface area contributed by atoms with Gasteiger partial charge in [-0.2, -0.15) is 0 Å². The summed E-state index contributed by atoms with van der Waals surface area (Å²) in [5.41, 5.74) is -0.308. The van der Waals surface area contributed by atoms with Crippen molar-refractivity contribution in [3.63, 3.8) is 0 Å². The summed E-state index contributed by atoms with van der Waals surface area (Å²) < 4.78 is 14.9. The summed E-state index contributed by atoms with van der Waals surface area (Å²) in [6, 6.07) is 3.85. The molecular formula is C20H23N3O8. The van der Waals surface area contributed by atoms with E-state index in [0.717, 1.165) is 33.5 Å². The number of amides is 1. The lowest BCUT2D eigenvalue weighted by Gasteiger charge is -2.32. The lowest BCUT2D eigenvalue weighted by atomic mass is 10.1. The fourth-order valence-corrected chi connectivity index (χ4v) is 3.61. The van der Waals surface area contributed by atoms with Crippen molar-refractivity contribution in [3.05, 3.63) is 45.1 Å². The topological polar surface area (TPSA) is 129 Å². The van der Waals surface area contributed by atoms with Crippen LogP contribution in [0.25, 0.3) is 0 Å². The first-order chi connectivity index (χ1) is 14.9. The average molecular weight is 433 g/mol. The maximum absolute atomic E-state index is 13.0. The molecule has 0 saturated carbocycles. The first-order valence-electron chi connectivity index (χ1n) is 9.71. The van der Waals surface area contributed by atoms with Crippen LogP contribution in [0.3, 0.4) is 0 Å². The molecule has 11 nitrogen and oxygen atoms in total. The smallest absolute Gasteiger partial charge is 0.355 e. The molecule has 0 unspecified atom stereocenters. The molecule has 0 N–H and O–H groups in total. The number of rotatable bonds is 5. The molecule has 2 aliphatic rings. The number of nitro groups is 1. The van der Waals surface area contributed by atoms with Crippen LogP contribution in [-0.2, 0) is 23.8 Å².